The molecule has 1 atom stereocenters. The van der Waals surface area contributed by atoms with E-state index in [-0.39, 0.29) is 11.9 Å². The summed E-state index contributed by atoms with van der Waals surface area (Å²) in [6, 6.07) is 10.8. The molecule has 1 unspecified atom stereocenters. The Kier molecular flexibility index (Phi) is 3.09. The first kappa shape index (κ1) is 12.3. The van der Waals surface area contributed by atoms with Crippen LogP contribution in [0.3, 0.4) is 0 Å². The highest BCUT2D eigenvalue weighted by Crippen LogP contribution is 2.31. The Morgan fingerprint density at radius 3 is 2.68 bits per heavy atom. The highest BCUT2D eigenvalue weighted by Gasteiger charge is 2.15. The van der Waals surface area contributed by atoms with Crippen LogP contribution < -0.4 is 5.73 Å². The van der Waals surface area contributed by atoms with E-state index in [1.54, 1.807) is 12.1 Å². The van der Waals surface area contributed by atoms with Crippen LogP contribution in [0.25, 0.3) is 11.1 Å². The third kappa shape index (κ3) is 2.27. The summed E-state index contributed by atoms with van der Waals surface area (Å²) in [5.74, 6) is -0.240. The molecular formula is C16H16FNO. The van der Waals surface area contributed by atoms with Crippen LogP contribution in [0.4, 0.5) is 4.39 Å². The Balaban J connectivity index is 2.13. The third-order valence-electron chi connectivity index (χ3n) is 3.54. The van der Waals surface area contributed by atoms with Gasteiger partial charge in [0.1, 0.15) is 5.82 Å². The van der Waals surface area contributed by atoms with Gasteiger partial charge in [-0.05, 0) is 52.9 Å². The topological polar surface area (TPSA) is 35.2 Å². The fraction of sp³-hybridized carbons (Fsp3) is 0.250. The smallest absolute Gasteiger partial charge is 0.123 e. The second-order valence-electron chi connectivity index (χ2n) is 5.00. The van der Waals surface area contributed by atoms with Crippen molar-refractivity contribution in [2.45, 2.75) is 26.2 Å². The van der Waals surface area contributed by atoms with Crippen LogP contribution in [-0.4, -0.2) is 0 Å². The molecule has 3 heteroatoms. The maximum absolute atomic E-state index is 13.5. The van der Waals surface area contributed by atoms with Crippen molar-refractivity contribution in [1.29, 1.82) is 0 Å². The lowest BCUT2D eigenvalue weighted by molar-refractivity contribution is 0.134. The van der Waals surface area contributed by atoms with Gasteiger partial charge in [-0.25, -0.2) is 4.39 Å². The molecule has 1 aliphatic rings. The summed E-state index contributed by atoms with van der Waals surface area (Å²) in [6.45, 7) is 3.21. The number of halogens is 1. The van der Waals surface area contributed by atoms with Crippen molar-refractivity contribution in [2.24, 2.45) is 5.73 Å². The summed E-state index contributed by atoms with van der Waals surface area (Å²) >= 11 is 0. The molecule has 0 radical (unpaired) electrons. The zero-order valence-electron chi connectivity index (χ0n) is 10.8. The van der Waals surface area contributed by atoms with Gasteiger partial charge in [-0.2, -0.15) is 0 Å². The average Bonchev–Trinajstić information content (AvgIpc) is 2.85. The molecule has 0 aromatic heterocycles. The number of rotatable bonds is 2. The van der Waals surface area contributed by atoms with Gasteiger partial charge in [0.25, 0.3) is 0 Å². The number of hydrogen-bond acceptors (Lipinski definition) is 2. The fourth-order valence-corrected chi connectivity index (χ4v) is 2.52. The predicted molar refractivity (Wildman–Crippen MR) is 72.9 cm³/mol. The van der Waals surface area contributed by atoms with E-state index in [1.165, 1.54) is 17.2 Å². The largest absolute Gasteiger partial charge is 0.372 e. The minimum Gasteiger partial charge on any atom is -0.372 e. The third-order valence-corrected chi connectivity index (χ3v) is 3.54. The highest BCUT2D eigenvalue weighted by molar-refractivity contribution is 5.69. The standard InChI is InChI=1S/C16H16FNO/c1-10(18)15-5-4-14(17)7-16(15)11-2-3-12-8-19-9-13(12)6-11/h2-7,10H,8-9,18H2,1H3. The van der Waals surface area contributed by atoms with E-state index in [2.05, 4.69) is 6.07 Å². The Morgan fingerprint density at radius 2 is 1.89 bits per heavy atom. The lowest BCUT2D eigenvalue weighted by Crippen LogP contribution is -2.07. The van der Waals surface area contributed by atoms with Crippen molar-refractivity contribution in [2.75, 3.05) is 0 Å². The zero-order valence-corrected chi connectivity index (χ0v) is 10.8. The van der Waals surface area contributed by atoms with E-state index in [4.69, 9.17) is 10.5 Å². The van der Waals surface area contributed by atoms with Crippen molar-refractivity contribution in [3.05, 3.63) is 58.9 Å². The van der Waals surface area contributed by atoms with Crippen molar-refractivity contribution in [1.82, 2.24) is 0 Å². The molecule has 2 aromatic carbocycles. The Bertz CT molecular complexity index is 622. The van der Waals surface area contributed by atoms with Crippen LogP contribution >= 0.6 is 0 Å². The lowest BCUT2D eigenvalue weighted by atomic mass is 9.94. The number of hydrogen-bond donors (Lipinski definition) is 1. The molecule has 0 amide bonds. The monoisotopic (exact) mass is 257 g/mol. The lowest BCUT2D eigenvalue weighted by Gasteiger charge is -2.14. The molecule has 0 bridgehead atoms. The van der Waals surface area contributed by atoms with Crippen molar-refractivity contribution in [3.8, 4) is 11.1 Å². The Morgan fingerprint density at radius 1 is 1.11 bits per heavy atom. The number of ether oxygens (including phenoxy) is 1. The molecule has 2 aromatic rings. The summed E-state index contributed by atoms with van der Waals surface area (Å²) in [5, 5.41) is 0. The molecule has 0 aliphatic carbocycles. The van der Waals surface area contributed by atoms with E-state index in [1.807, 2.05) is 19.1 Å². The van der Waals surface area contributed by atoms with Gasteiger partial charge in [-0.15, -0.1) is 0 Å². The van der Waals surface area contributed by atoms with Crippen LogP contribution in [0.1, 0.15) is 29.7 Å². The van der Waals surface area contributed by atoms with Crippen molar-refractivity contribution < 1.29 is 9.13 Å². The molecule has 2 nitrogen and oxygen atoms in total. The van der Waals surface area contributed by atoms with E-state index < -0.39 is 0 Å². The van der Waals surface area contributed by atoms with Gasteiger partial charge in [-0.3, -0.25) is 0 Å². The second-order valence-corrected chi connectivity index (χ2v) is 5.00. The van der Waals surface area contributed by atoms with E-state index in [0.717, 1.165) is 16.7 Å². The van der Waals surface area contributed by atoms with Gasteiger partial charge in [0.15, 0.2) is 0 Å². The molecule has 0 spiro atoms. The molecular weight excluding hydrogens is 241 g/mol. The van der Waals surface area contributed by atoms with Gasteiger partial charge in [-0.1, -0.05) is 18.2 Å². The van der Waals surface area contributed by atoms with Gasteiger partial charge in [0.2, 0.25) is 0 Å². The Labute approximate surface area is 112 Å². The maximum Gasteiger partial charge on any atom is 0.123 e. The minimum atomic E-state index is -0.240. The average molecular weight is 257 g/mol. The van der Waals surface area contributed by atoms with Crippen LogP contribution in [0.5, 0.6) is 0 Å². The second kappa shape index (κ2) is 4.76. The fourth-order valence-electron chi connectivity index (χ4n) is 2.52. The first-order chi connectivity index (χ1) is 9.15. The predicted octanol–water partition coefficient (Wildman–Crippen LogP) is 3.54. The molecule has 3 rings (SSSR count). The molecule has 19 heavy (non-hydrogen) atoms. The SMILES string of the molecule is CC(N)c1ccc(F)cc1-c1ccc2c(c1)COC2. The van der Waals surface area contributed by atoms with E-state index in [9.17, 15) is 4.39 Å². The first-order valence-electron chi connectivity index (χ1n) is 6.40. The quantitative estimate of drug-likeness (QED) is 0.893. The first-order valence-corrected chi connectivity index (χ1v) is 6.40. The molecule has 0 fully saturated rings. The van der Waals surface area contributed by atoms with Crippen LogP contribution in [0.2, 0.25) is 0 Å². The molecule has 0 saturated heterocycles. The maximum atomic E-state index is 13.5. The van der Waals surface area contributed by atoms with Gasteiger partial charge >= 0.3 is 0 Å². The zero-order chi connectivity index (χ0) is 13.4. The van der Waals surface area contributed by atoms with E-state index >= 15 is 0 Å². The van der Waals surface area contributed by atoms with E-state index in [0.29, 0.717) is 13.2 Å². The molecule has 98 valence electrons. The number of benzene rings is 2. The summed E-state index contributed by atoms with van der Waals surface area (Å²) < 4.78 is 18.9. The van der Waals surface area contributed by atoms with Gasteiger partial charge < -0.3 is 10.5 Å². The van der Waals surface area contributed by atoms with Crippen LogP contribution in [0, 0.1) is 5.82 Å². The van der Waals surface area contributed by atoms with Crippen molar-refractivity contribution >= 4 is 0 Å². The van der Waals surface area contributed by atoms with Crippen LogP contribution in [-0.2, 0) is 18.0 Å². The van der Waals surface area contributed by atoms with Crippen LogP contribution in [0.15, 0.2) is 36.4 Å². The van der Waals surface area contributed by atoms with Crippen molar-refractivity contribution in [3.63, 3.8) is 0 Å². The molecule has 2 N–H and O–H groups in total. The number of nitrogens with two attached hydrogens (primary N) is 1. The molecule has 1 heterocycles. The summed E-state index contributed by atoms with van der Waals surface area (Å²) in [4.78, 5) is 0. The summed E-state index contributed by atoms with van der Waals surface area (Å²) in [7, 11) is 0. The summed E-state index contributed by atoms with van der Waals surface area (Å²) in [5.41, 5.74) is 11.2. The highest BCUT2D eigenvalue weighted by atomic mass is 19.1. The molecule has 1 aliphatic heterocycles. The Hall–Kier alpha value is -1.71. The minimum absolute atomic E-state index is 0.125. The molecule has 0 saturated carbocycles. The van der Waals surface area contributed by atoms with Gasteiger partial charge in [0.05, 0.1) is 13.2 Å². The van der Waals surface area contributed by atoms with Gasteiger partial charge in [0, 0.05) is 6.04 Å². The normalized spacial score (nSPS) is 15.3. The summed E-state index contributed by atoms with van der Waals surface area (Å²) in [6.07, 6.45) is 0. The number of fused-ring (bicyclic) bond motifs is 1.